The van der Waals surface area contributed by atoms with Crippen molar-refractivity contribution in [2.75, 3.05) is 18.9 Å². The highest BCUT2D eigenvalue weighted by Crippen LogP contribution is 2.44. The molecule has 0 spiro atoms. The molecule has 0 fully saturated rings. The van der Waals surface area contributed by atoms with E-state index in [-0.39, 0.29) is 31.9 Å². The van der Waals surface area contributed by atoms with Gasteiger partial charge in [-0.25, -0.2) is 9.59 Å². The molecule has 0 bridgehead atoms. The van der Waals surface area contributed by atoms with Gasteiger partial charge in [-0.3, -0.25) is 9.35 Å². The van der Waals surface area contributed by atoms with Gasteiger partial charge in [0.15, 0.2) is 0 Å². The van der Waals surface area contributed by atoms with Crippen LogP contribution in [0.25, 0.3) is 11.1 Å². The van der Waals surface area contributed by atoms with E-state index in [1.54, 1.807) is 20.8 Å². The standard InChI is InChI=1S/C26H32N2O8S/c1-26(2,3)36-24(30)22(12-13-23(29)27-14-15-37(32,33)34)28-25(31)35-16-21-19-10-6-4-8-17(19)18-9-5-7-11-20(18)21/h4-11,21-22H,12-16H2,1-3H3,(H,27,29)(H,28,31)(H,32,33,34). The third-order valence-electron chi connectivity index (χ3n) is 5.67. The first-order valence-electron chi connectivity index (χ1n) is 11.9. The van der Waals surface area contributed by atoms with Gasteiger partial charge in [-0.2, -0.15) is 8.42 Å². The van der Waals surface area contributed by atoms with Crippen LogP contribution in [0.5, 0.6) is 0 Å². The Labute approximate surface area is 216 Å². The largest absolute Gasteiger partial charge is 0.458 e. The molecule has 200 valence electrons. The van der Waals surface area contributed by atoms with Crippen LogP contribution in [0, 0.1) is 0 Å². The monoisotopic (exact) mass is 532 g/mol. The van der Waals surface area contributed by atoms with Crippen LogP contribution < -0.4 is 10.6 Å². The molecule has 3 rings (SSSR count). The maximum Gasteiger partial charge on any atom is 0.407 e. The van der Waals surface area contributed by atoms with Crippen molar-refractivity contribution in [2.45, 2.75) is 51.2 Å². The van der Waals surface area contributed by atoms with Crippen molar-refractivity contribution in [2.24, 2.45) is 0 Å². The quantitative estimate of drug-likeness (QED) is 0.312. The Morgan fingerprint density at radius 2 is 1.57 bits per heavy atom. The molecule has 0 saturated carbocycles. The highest BCUT2D eigenvalue weighted by molar-refractivity contribution is 7.85. The number of fused-ring (bicyclic) bond motifs is 3. The average Bonchev–Trinajstić information content (AvgIpc) is 3.12. The van der Waals surface area contributed by atoms with Gasteiger partial charge < -0.3 is 20.1 Å². The van der Waals surface area contributed by atoms with E-state index in [4.69, 9.17) is 14.0 Å². The second-order valence-corrected chi connectivity index (χ2v) is 11.3. The van der Waals surface area contributed by atoms with Crippen LogP contribution in [0.2, 0.25) is 0 Å². The van der Waals surface area contributed by atoms with E-state index in [1.165, 1.54) is 0 Å². The maximum atomic E-state index is 12.7. The van der Waals surface area contributed by atoms with Gasteiger partial charge in [-0.1, -0.05) is 48.5 Å². The van der Waals surface area contributed by atoms with Crippen molar-refractivity contribution in [3.8, 4) is 11.1 Å². The molecule has 2 aromatic rings. The second kappa shape index (κ2) is 11.7. The van der Waals surface area contributed by atoms with Crippen molar-refractivity contribution in [1.29, 1.82) is 0 Å². The minimum Gasteiger partial charge on any atom is -0.458 e. The third-order valence-corrected chi connectivity index (χ3v) is 6.39. The first-order valence-corrected chi connectivity index (χ1v) is 13.5. The summed E-state index contributed by atoms with van der Waals surface area (Å²) in [6.45, 7) is 4.80. The lowest BCUT2D eigenvalue weighted by molar-refractivity contribution is -0.157. The molecule has 1 unspecified atom stereocenters. The van der Waals surface area contributed by atoms with Gasteiger partial charge in [-0.05, 0) is 49.4 Å². The number of rotatable bonds is 10. The minimum absolute atomic E-state index is 0.0526. The molecule has 1 aliphatic rings. The summed E-state index contributed by atoms with van der Waals surface area (Å²) in [5.74, 6) is -2.07. The molecular weight excluding hydrogens is 500 g/mol. The van der Waals surface area contributed by atoms with Gasteiger partial charge >= 0.3 is 12.1 Å². The number of nitrogens with one attached hydrogen (secondary N) is 2. The Balaban J connectivity index is 1.62. The maximum absolute atomic E-state index is 12.7. The number of amides is 2. The van der Waals surface area contributed by atoms with Crippen LogP contribution in [0.3, 0.4) is 0 Å². The fourth-order valence-corrected chi connectivity index (χ4v) is 4.45. The Hall–Kier alpha value is -3.44. The summed E-state index contributed by atoms with van der Waals surface area (Å²) in [6.07, 6.45) is -1.12. The van der Waals surface area contributed by atoms with Crippen LogP contribution in [0.4, 0.5) is 4.79 Å². The summed E-state index contributed by atoms with van der Waals surface area (Å²) >= 11 is 0. The van der Waals surface area contributed by atoms with Crippen LogP contribution in [0.15, 0.2) is 48.5 Å². The third kappa shape index (κ3) is 8.29. The Bertz CT molecular complexity index is 1210. The predicted octanol–water partition coefficient (Wildman–Crippen LogP) is 3.02. The van der Waals surface area contributed by atoms with Crippen molar-refractivity contribution in [1.82, 2.24) is 10.6 Å². The van der Waals surface area contributed by atoms with Crippen LogP contribution in [0.1, 0.15) is 50.7 Å². The Kier molecular flexibility index (Phi) is 8.93. The number of benzene rings is 2. The van der Waals surface area contributed by atoms with E-state index >= 15 is 0 Å². The number of hydrogen-bond acceptors (Lipinski definition) is 7. The van der Waals surface area contributed by atoms with Gasteiger partial charge in [0.1, 0.15) is 18.2 Å². The van der Waals surface area contributed by atoms with Gasteiger partial charge in [0.25, 0.3) is 10.1 Å². The molecule has 1 atom stereocenters. The smallest absolute Gasteiger partial charge is 0.407 e. The predicted molar refractivity (Wildman–Crippen MR) is 136 cm³/mol. The molecule has 0 aliphatic heterocycles. The van der Waals surface area contributed by atoms with Crippen LogP contribution in [-0.2, 0) is 29.2 Å². The number of esters is 1. The average molecular weight is 533 g/mol. The Morgan fingerprint density at radius 3 is 2.11 bits per heavy atom. The molecule has 0 radical (unpaired) electrons. The van der Waals surface area contributed by atoms with E-state index in [2.05, 4.69) is 10.6 Å². The van der Waals surface area contributed by atoms with Crippen LogP contribution in [-0.4, -0.2) is 61.5 Å². The minimum atomic E-state index is -4.21. The molecule has 1 aliphatic carbocycles. The lowest BCUT2D eigenvalue weighted by atomic mass is 9.98. The molecule has 37 heavy (non-hydrogen) atoms. The number of ether oxygens (including phenoxy) is 2. The first-order chi connectivity index (χ1) is 17.3. The fourth-order valence-electron chi connectivity index (χ4n) is 4.09. The van der Waals surface area contributed by atoms with Crippen LogP contribution >= 0.6 is 0 Å². The number of carbonyl (C=O) groups is 3. The zero-order valence-corrected chi connectivity index (χ0v) is 21.8. The molecule has 0 saturated heterocycles. The van der Waals surface area contributed by atoms with Crippen molar-refractivity contribution in [3.63, 3.8) is 0 Å². The SMILES string of the molecule is CC(C)(C)OC(=O)C(CCC(=O)NCCS(=O)(=O)O)NC(=O)OCC1c2ccccc2-c2ccccc21. The van der Waals surface area contributed by atoms with Gasteiger partial charge in [-0.15, -0.1) is 0 Å². The van der Waals surface area contributed by atoms with Gasteiger partial charge in [0.2, 0.25) is 5.91 Å². The van der Waals surface area contributed by atoms with Gasteiger partial charge in [0, 0.05) is 18.9 Å². The zero-order valence-electron chi connectivity index (χ0n) is 21.0. The van der Waals surface area contributed by atoms with Crippen molar-refractivity contribution < 1.29 is 36.8 Å². The molecule has 0 aromatic heterocycles. The molecule has 2 aromatic carbocycles. The molecule has 2 amide bonds. The second-order valence-electron chi connectivity index (χ2n) is 9.73. The summed E-state index contributed by atoms with van der Waals surface area (Å²) in [7, 11) is -4.21. The highest BCUT2D eigenvalue weighted by atomic mass is 32.2. The van der Waals surface area contributed by atoms with Crippen molar-refractivity contribution in [3.05, 3.63) is 59.7 Å². The summed E-state index contributed by atoms with van der Waals surface area (Å²) in [6, 6.07) is 14.6. The summed E-state index contributed by atoms with van der Waals surface area (Å²) < 4.78 is 41.2. The highest BCUT2D eigenvalue weighted by Gasteiger charge is 2.31. The Morgan fingerprint density at radius 1 is 1.00 bits per heavy atom. The summed E-state index contributed by atoms with van der Waals surface area (Å²) in [5.41, 5.74) is 3.43. The van der Waals surface area contributed by atoms with Crippen molar-refractivity contribution >= 4 is 28.1 Å². The van der Waals surface area contributed by atoms with E-state index in [0.29, 0.717) is 0 Å². The lowest BCUT2D eigenvalue weighted by Crippen LogP contribution is -2.45. The van der Waals surface area contributed by atoms with E-state index < -0.39 is 45.5 Å². The van der Waals surface area contributed by atoms with E-state index in [0.717, 1.165) is 22.3 Å². The molecule has 0 heterocycles. The van der Waals surface area contributed by atoms with Gasteiger partial charge in [0.05, 0.1) is 5.75 Å². The molecular formula is C26H32N2O8S. The molecule has 11 heteroatoms. The van der Waals surface area contributed by atoms with E-state index in [1.807, 2.05) is 48.5 Å². The fraction of sp³-hybridized carbons (Fsp3) is 0.423. The molecule has 10 nitrogen and oxygen atoms in total. The lowest BCUT2D eigenvalue weighted by Gasteiger charge is -2.24. The first kappa shape index (κ1) is 28.1. The number of alkyl carbamates (subject to hydrolysis) is 1. The zero-order chi connectivity index (χ0) is 27.2. The normalized spacial score (nSPS) is 13.7. The number of hydrogen-bond donors (Lipinski definition) is 3. The van der Waals surface area contributed by atoms with E-state index in [9.17, 15) is 22.8 Å². The summed E-state index contributed by atoms with van der Waals surface area (Å²) in [4.78, 5) is 37.5. The summed E-state index contributed by atoms with van der Waals surface area (Å²) in [5, 5.41) is 4.84. The topological polar surface area (TPSA) is 148 Å². The number of carbonyl (C=O) groups excluding carboxylic acids is 3. The molecule has 3 N–H and O–H groups in total.